The molecule has 0 atom stereocenters. The second-order valence-electron chi connectivity index (χ2n) is 6.04. The Labute approximate surface area is 131 Å². The molecule has 2 aliphatic heterocycles. The number of hydrogen-bond acceptors (Lipinski definition) is 3. The van der Waals surface area contributed by atoms with Gasteiger partial charge in [0, 0.05) is 44.0 Å². The van der Waals surface area contributed by atoms with Gasteiger partial charge in [0.1, 0.15) is 0 Å². The van der Waals surface area contributed by atoms with Crippen LogP contribution < -0.4 is 10.2 Å². The maximum atomic E-state index is 12.1. The summed E-state index contributed by atoms with van der Waals surface area (Å²) < 4.78 is 0. The zero-order valence-corrected chi connectivity index (χ0v) is 13.1. The van der Waals surface area contributed by atoms with Crippen molar-refractivity contribution in [1.82, 2.24) is 4.90 Å². The van der Waals surface area contributed by atoms with Gasteiger partial charge in [-0.25, -0.2) is 0 Å². The van der Waals surface area contributed by atoms with Crippen molar-refractivity contribution in [3.63, 3.8) is 0 Å². The Bertz CT molecular complexity index is 577. The maximum Gasteiger partial charge on any atom is 0.228 e. The third kappa shape index (κ3) is 3.08. The van der Waals surface area contributed by atoms with E-state index in [4.69, 9.17) is 0 Å². The van der Waals surface area contributed by atoms with E-state index < -0.39 is 0 Å². The fourth-order valence-electron chi connectivity index (χ4n) is 3.11. The standard InChI is InChI=1S/C17H23N3O2/c1-2-3-4-17(22)20-9-7-19(8-10-20)14-5-6-15-13(11-14)12-16(21)18-15/h5-6,11H,2-4,7-10,12H2,1H3,(H,18,21). The van der Waals surface area contributed by atoms with Gasteiger partial charge in [-0.2, -0.15) is 0 Å². The quantitative estimate of drug-likeness (QED) is 0.925. The molecule has 2 heterocycles. The molecular formula is C17H23N3O2. The molecule has 2 aliphatic rings. The Balaban J connectivity index is 1.59. The highest BCUT2D eigenvalue weighted by atomic mass is 16.2. The average Bonchev–Trinajstić information content (AvgIpc) is 2.91. The minimum atomic E-state index is 0.0680. The SMILES string of the molecule is CCCCC(=O)N1CCN(c2ccc3c(c2)CC(=O)N3)CC1. The molecule has 0 saturated carbocycles. The largest absolute Gasteiger partial charge is 0.368 e. The fourth-order valence-corrected chi connectivity index (χ4v) is 3.11. The lowest BCUT2D eigenvalue weighted by Gasteiger charge is -2.36. The molecule has 0 unspecified atom stereocenters. The molecule has 0 spiro atoms. The molecule has 1 N–H and O–H groups in total. The molecular weight excluding hydrogens is 278 g/mol. The molecule has 1 fully saturated rings. The summed E-state index contributed by atoms with van der Waals surface area (Å²) in [6, 6.07) is 6.13. The Morgan fingerprint density at radius 3 is 2.73 bits per heavy atom. The van der Waals surface area contributed by atoms with Crippen molar-refractivity contribution in [2.75, 3.05) is 36.4 Å². The van der Waals surface area contributed by atoms with Gasteiger partial charge in [-0.05, 0) is 30.2 Å². The fraction of sp³-hybridized carbons (Fsp3) is 0.529. The van der Waals surface area contributed by atoms with Crippen molar-refractivity contribution in [2.24, 2.45) is 0 Å². The van der Waals surface area contributed by atoms with Crippen molar-refractivity contribution in [2.45, 2.75) is 32.6 Å². The van der Waals surface area contributed by atoms with Crippen molar-refractivity contribution >= 4 is 23.2 Å². The highest BCUT2D eigenvalue weighted by Gasteiger charge is 2.23. The van der Waals surface area contributed by atoms with Gasteiger partial charge < -0.3 is 15.1 Å². The topological polar surface area (TPSA) is 52.7 Å². The first kappa shape index (κ1) is 14.9. The van der Waals surface area contributed by atoms with Crippen LogP contribution in [0.25, 0.3) is 0 Å². The summed E-state index contributed by atoms with van der Waals surface area (Å²) in [5.74, 6) is 0.351. The van der Waals surface area contributed by atoms with E-state index in [1.165, 1.54) is 0 Å². The second kappa shape index (κ2) is 6.38. The second-order valence-corrected chi connectivity index (χ2v) is 6.04. The lowest BCUT2D eigenvalue weighted by Crippen LogP contribution is -2.48. The van der Waals surface area contributed by atoms with Gasteiger partial charge in [-0.15, -0.1) is 0 Å². The molecule has 3 rings (SSSR count). The van der Waals surface area contributed by atoms with Crippen LogP contribution in [-0.4, -0.2) is 42.9 Å². The van der Waals surface area contributed by atoms with Gasteiger partial charge in [0.25, 0.3) is 0 Å². The van der Waals surface area contributed by atoms with Crippen LogP contribution in [0.3, 0.4) is 0 Å². The van der Waals surface area contributed by atoms with Crippen LogP contribution in [0.5, 0.6) is 0 Å². The minimum Gasteiger partial charge on any atom is -0.368 e. The summed E-state index contributed by atoms with van der Waals surface area (Å²) >= 11 is 0. The molecule has 0 aromatic heterocycles. The van der Waals surface area contributed by atoms with E-state index in [1.54, 1.807) is 0 Å². The summed E-state index contributed by atoms with van der Waals surface area (Å²) in [6.45, 7) is 5.41. The molecule has 1 saturated heterocycles. The molecule has 0 radical (unpaired) electrons. The summed E-state index contributed by atoms with van der Waals surface area (Å²) in [4.78, 5) is 27.7. The number of carbonyl (C=O) groups excluding carboxylic acids is 2. The number of fused-ring (bicyclic) bond motifs is 1. The number of hydrogen-bond donors (Lipinski definition) is 1. The van der Waals surface area contributed by atoms with Crippen LogP contribution in [0, 0.1) is 0 Å². The predicted octanol–water partition coefficient (Wildman–Crippen LogP) is 2.02. The van der Waals surface area contributed by atoms with Crippen molar-refractivity contribution in [1.29, 1.82) is 0 Å². The van der Waals surface area contributed by atoms with Crippen LogP contribution in [0.4, 0.5) is 11.4 Å². The summed E-state index contributed by atoms with van der Waals surface area (Å²) in [5, 5.41) is 2.86. The lowest BCUT2D eigenvalue weighted by atomic mass is 10.1. The van der Waals surface area contributed by atoms with Crippen LogP contribution >= 0.6 is 0 Å². The van der Waals surface area contributed by atoms with Crippen LogP contribution in [0.15, 0.2) is 18.2 Å². The van der Waals surface area contributed by atoms with E-state index in [9.17, 15) is 9.59 Å². The van der Waals surface area contributed by atoms with Crippen molar-refractivity contribution in [3.8, 4) is 0 Å². The first-order valence-electron chi connectivity index (χ1n) is 8.13. The summed E-state index contributed by atoms with van der Waals surface area (Å²) in [7, 11) is 0. The number of nitrogens with zero attached hydrogens (tertiary/aromatic N) is 2. The highest BCUT2D eigenvalue weighted by Crippen LogP contribution is 2.28. The van der Waals surface area contributed by atoms with E-state index in [2.05, 4.69) is 29.3 Å². The molecule has 0 aliphatic carbocycles. The Hall–Kier alpha value is -2.04. The first-order valence-corrected chi connectivity index (χ1v) is 8.13. The minimum absolute atomic E-state index is 0.0680. The third-order valence-electron chi connectivity index (χ3n) is 4.46. The van der Waals surface area contributed by atoms with Gasteiger partial charge in [0.2, 0.25) is 11.8 Å². The van der Waals surface area contributed by atoms with Crippen LogP contribution in [0.1, 0.15) is 31.7 Å². The lowest BCUT2D eigenvalue weighted by molar-refractivity contribution is -0.131. The van der Waals surface area contributed by atoms with E-state index in [0.29, 0.717) is 12.8 Å². The van der Waals surface area contributed by atoms with E-state index in [0.717, 1.165) is 56.0 Å². The molecule has 2 amide bonds. The van der Waals surface area contributed by atoms with Crippen LogP contribution in [-0.2, 0) is 16.0 Å². The van der Waals surface area contributed by atoms with Crippen molar-refractivity contribution < 1.29 is 9.59 Å². The number of carbonyl (C=O) groups is 2. The molecule has 22 heavy (non-hydrogen) atoms. The Morgan fingerprint density at radius 2 is 2.00 bits per heavy atom. The number of unbranched alkanes of at least 4 members (excludes halogenated alkanes) is 1. The van der Waals surface area contributed by atoms with Gasteiger partial charge in [-0.1, -0.05) is 13.3 Å². The number of nitrogens with one attached hydrogen (secondary N) is 1. The van der Waals surface area contributed by atoms with Crippen molar-refractivity contribution in [3.05, 3.63) is 23.8 Å². The van der Waals surface area contributed by atoms with Gasteiger partial charge in [0.05, 0.1) is 6.42 Å². The summed E-state index contributed by atoms with van der Waals surface area (Å²) in [5.41, 5.74) is 3.15. The average molecular weight is 301 g/mol. The first-order chi connectivity index (χ1) is 10.7. The van der Waals surface area contributed by atoms with Crippen LogP contribution in [0.2, 0.25) is 0 Å². The van der Waals surface area contributed by atoms with E-state index >= 15 is 0 Å². The monoisotopic (exact) mass is 301 g/mol. The molecule has 5 heteroatoms. The number of rotatable bonds is 4. The zero-order valence-electron chi connectivity index (χ0n) is 13.1. The normalized spacial score (nSPS) is 17.4. The summed E-state index contributed by atoms with van der Waals surface area (Å²) in [6.07, 6.45) is 3.18. The number of benzene rings is 1. The number of amides is 2. The number of anilines is 2. The third-order valence-corrected chi connectivity index (χ3v) is 4.46. The van der Waals surface area contributed by atoms with E-state index in [1.807, 2.05) is 11.0 Å². The molecule has 1 aromatic rings. The number of piperazine rings is 1. The maximum absolute atomic E-state index is 12.1. The molecule has 0 bridgehead atoms. The van der Waals surface area contributed by atoms with E-state index in [-0.39, 0.29) is 11.8 Å². The molecule has 5 nitrogen and oxygen atoms in total. The Kier molecular flexibility index (Phi) is 4.32. The van der Waals surface area contributed by atoms with Gasteiger partial charge in [0.15, 0.2) is 0 Å². The molecule has 118 valence electrons. The Morgan fingerprint density at radius 1 is 1.23 bits per heavy atom. The van der Waals surface area contributed by atoms with Gasteiger partial charge in [-0.3, -0.25) is 9.59 Å². The molecule has 1 aromatic carbocycles. The smallest absolute Gasteiger partial charge is 0.228 e. The zero-order chi connectivity index (χ0) is 15.5. The predicted molar refractivity (Wildman–Crippen MR) is 87.1 cm³/mol. The van der Waals surface area contributed by atoms with Gasteiger partial charge >= 0.3 is 0 Å². The highest BCUT2D eigenvalue weighted by molar-refractivity contribution is 5.99.